The lowest BCUT2D eigenvalue weighted by atomic mass is 10.2. The van der Waals surface area contributed by atoms with Gasteiger partial charge < -0.3 is 9.88 Å². The molecular weight excluding hydrogens is 228 g/mol. The number of carbonyl (C=O) groups excluding carboxylic acids is 1. The van der Waals surface area contributed by atoms with E-state index in [2.05, 4.69) is 26.7 Å². The van der Waals surface area contributed by atoms with E-state index in [0.717, 1.165) is 26.1 Å². The Kier molecular flexibility index (Phi) is 4.75. The van der Waals surface area contributed by atoms with Crippen molar-refractivity contribution in [2.24, 2.45) is 0 Å². The second-order valence-corrected chi connectivity index (χ2v) is 4.98. The third-order valence-corrected chi connectivity index (χ3v) is 3.48. The molecule has 5 heteroatoms. The predicted octanol–water partition coefficient (Wildman–Crippen LogP) is 1.05. The Balaban J connectivity index is 1.61. The molecule has 1 N–H and O–H groups in total. The fourth-order valence-corrected chi connectivity index (χ4v) is 2.30. The quantitative estimate of drug-likeness (QED) is 0.821. The Hall–Kier alpha value is -1.36. The minimum Gasteiger partial charge on any atom is -0.355 e. The summed E-state index contributed by atoms with van der Waals surface area (Å²) in [5.74, 6) is 0.148. The van der Waals surface area contributed by atoms with Crippen molar-refractivity contribution in [3.8, 4) is 0 Å². The highest BCUT2D eigenvalue weighted by Gasteiger charge is 2.14. The van der Waals surface area contributed by atoms with Crippen molar-refractivity contribution >= 4 is 5.91 Å². The van der Waals surface area contributed by atoms with Crippen molar-refractivity contribution in [3.05, 3.63) is 18.7 Å². The molecule has 1 fully saturated rings. The van der Waals surface area contributed by atoms with Gasteiger partial charge in [-0.1, -0.05) is 0 Å². The van der Waals surface area contributed by atoms with Crippen LogP contribution in [0.5, 0.6) is 0 Å². The normalized spacial score (nSPS) is 17.8. The van der Waals surface area contributed by atoms with Gasteiger partial charge in [-0.15, -0.1) is 0 Å². The van der Waals surface area contributed by atoms with Crippen molar-refractivity contribution in [3.63, 3.8) is 0 Å². The Morgan fingerprint density at radius 3 is 2.89 bits per heavy atom. The number of imidazole rings is 1. The standard InChI is InChI=1S/C13H22N4O/c1-12(17-9-6-14-11-17)4-5-15-13(18)10-16-7-2-3-8-16/h6,9,11-12H,2-5,7-8,10H2,1H3,(H,15,18)/t12-/m0/s1. The summed E-state index contributed by atoms with van der Waals surface area (Å²) in [4.78, 5) is 17.9. The molecule has 0 aliphatic carbocycles. The zero-order valence-corrected chi connectivity index (χ0v) is 11.0. The smallest absolute Gasteiger partial charge is 0.234 e. The zero-order valence-electron chi connectivity index (χ0n) is 11.0. The molecule has 2 rings (SSSR count). The molecule has 1 amide bonds. The molecule has 5 nitrogen and oxygen atoms in total. The van der Waals surface area contributed by atoms with E-state index in [0.29, 0.717) is 12.6 Å². The van der Waals surface area contributed by atoms with Crippen LogP contribution < -0.4 is 5.32 Å². The Labute approximate surface area is 108 Å². The highest BCUT2D eigenvalue weighted by molar-refractivity contribution is 5.77. The average molecular weight is 250 g/mol. The van der Waals surface area contributed by atoms with Crippen LogP contribution in [0.4, 0.5) is 0 Å². The summed E-state index contributed by atoms with van der Waals surface area (Å²) in [6, 6.07) is 0.375. The van der Waals surface area contributed by atoms with E-state index in [4.69, 9.17) is 0 Å². The highest BCUT2D eigenvalue weighted by Crippen LogP contribution is 2.08. The molecule has 18 heavy (non-hydrogen) atoms. The van der Waals surface area contributed by atoms with Gasteiger partial charge in [0.25, 0.3) is 0 Å². The number of amides is 1. The predicted molar refractivity (Wildman–Crippen MR) is 70.2 cm³/mol. The van der Waals surface area contributed by atoms with Crippen LogP contribution in [-0.2, 0) is 4.79 Å². The minimum absolute atomic E-state index is 0.148. The Bertz CT molecular complexity index is 357. The van der Waals surface area contributed by atoms with E-state index in [1.54, 1.807) is 6.20 Å². The minimum atomic E-state index is 0.148. The van der Waals surface area contributed by atoms with Crippen molar-refractivity contribution in [2.75, 3.05) is 26.2 Å². The lowest BCUT2D eigenvalue weighted by Gasteiger charge is -2.16. The fraction of sp³-hybridized carbons (Fsp3) is 0.692. The lowest BCUT2D eigenvalue weighted by Crippen LogP contribution is -2.36. The van der Waals surface area contributed by atoms with Crippen molar-refractivity contribution in [2.45, 2.75) is 32.2 Å². The molecule has 1 aromatic rings. The van der Waals surface area contributed by atoms with Gasteiger partial charge in [-0.05, 0) is 39.3 Å². The molecule has 100 valence electrons. The number of rotatable bonds is 6. The van der Waals surface area contributed by atoms with Crippen molar-refractivity contribution in [1.29, 1.82) is 0 Å². The Morgan fingerprint density at radius 1 is 1.44 bits per heavy atom. The van der Waals surface area contributed by atoms with Gasteiger partial charge in [0.2, 0.25) is 5.91 Å². The van der Waals surface area contributed by atoms with E-state index < -0.39 is 0 Å². The van der Waals surface area contributed by atoms with E-state index in [1.165, 1.54) is 12.8 Å². The van der Waals surface area contributed by atoms with Gasteiger partial charge in [0.1, 0.15) is 0 Å². The van der Waals surface area contributed by atoms with E-state index >= 15 is 0 Å². The maximum atomic E-state index is 11.7. The summed E-state index contributed by atoms with van der Waals surface area (Å²) in [5, 5.41) is 2.99. The zero-order chi connectivity index (χ0) is 12.8. The molecule has 1 saturated heterocycles. The number of hydrogen-bond donors (Lipinski definition) is 1. The van der Waals surface area contributed by atoms with Gasteiger partial charge in [0.15, 0.2) is 0 Å². The van der Waals surface area contributed by atoms with Crippen LogP contribution in [0.1, 0.15) is 32.2 Å². The number of carbonyl (C=O) groups is 1. The maximum Gasteiger partial charge on any atom is 0.234 e. The van der Waals surface area contributed by atoms with Gasteiger partial charge in [0, 0.05) is 25.0 Å². The first-order valence-electron chi connectivity index (χ1n) is 6.72. The second kappa shape index (κ2) is 6.54. The molecule has 1 aliphatic rings. The molecule has 0 saturated carbocycles. The molecule has 1 aliphatic heterocycles. The summed E-state index contributed by atoms with van der Waals surface area (Å²) in [6.07, 6.45) is 8.94. The molecule has 0 aromatic carbocycles. The van der Waals surface area contributed by atoms with Crippen molar-refractivity contribution < 1.29 is 4.79 Å². The number of aromatic nitrogens is 2. The summed E-state index contributed by atoms with van der Waals surface area (Å²) < 4.78 is 2.06. The van der Waals surface area contributed by atoms with Crippen molar-refractivity contribution in [1.82, 2.24) is 19.8 Å². The van der Waals surface area contributed by atoms with Crippen LogP contribution in [0.15, 0.2) is 18.7 Å². The molecule has 0 radical (unpaired) electrons. The molecule has 2 heterocycles. The van der Waals surface area contributed by atoms with Crippen LogP contribution in [0.25, 0.3) is 0 Å². The topological polar surface area (TPSA) is 50.2 Å². The van der Waals surface area contributed by atoms with Gasteiger partial charge in [-0.3, -0.25) is 9.69 Å². The number of nitrogens with one attached hydrogen (secondary N) is 1. The first-order valence-corrected chi connectivity index (χ1v) is 6.72. The summed E-state index contributed by atoms with van der Waals surface area (Å²) in [6.45, 7) is 5.55. The number of hydrogen-bond acceptors (Lipinski definition) is 3. The molecule has 0 unspecified atom stereocenters. The third-order valence-electron chi connectivity index (χ3n) is 3.48. The maximum absolute atomic E-state index is 11.7. The molecular formula is C13H22N4O. The van der Waals surface area contributed by atoms with Gasteiger partial charge >= 0.3 is 0 Å². The highest BCUT2D eigenvalue weighted by atomic mass is 16.2. The lowest BCUT2D eigenvalue weighted by molar-refractivity contribution is -0.122. The average Bonchev–Trinajstić information content (AvgIpc) is 3.00. The van der Waals surface area contributed by atoms with Crippen LogP contribution in [0.2, 0.25) is 0 Å². The van der Waals surface area contributed by atoms with Crippen LogP contribution in [0.3, 0.4) is 0 Å². The summed E-state index contributed by atoms with van der Waals surface area (Å²) in [7, 11) is 0. The van der Waals surface area contributed by atoms with Gasteiger partial charge in [-0.2, -0.15) is 0 Å². The fourth-order valence-electron chi connectivity index (χ4n) is 2.30. The van der Waals surface area contributed by atoms with Crippen LogP contribution >= 0.6 is 0 Å². The molecule has 0 spiro atoms. The van der Waals surface area contributed by atoms with E-state index in [1.807, 2.05) is 12.5 Å². The first kappa shape index (κ1) is 13.1. The Morgan fingerprint density at radius 2 is 2.22 bits per heavy atom. The first-order chi connectivity index (χ1) is 8.75. The molecule has 0 bridgehead atoms. The SMILES string of the molecule is C[C@@H](CCNC(=O)CN1CCCC1)n1ccnc1. The van der Waals surface area contributed by atoms with Gasteiger partial charge in [0.05, 0.1) is 12.9 Å². The molecule has 1 atom stereocenters. The second-order valence-electron chi connectivity index (χ2n) is 4.98. The van der Waals surface area contributed by atoms with Crippen LogP contribution in [0, 0.1) is 0 Å². The largest absolute Gasteiger partial charge is 0.355 e. The summed E-state index contributed by atoms with van der Waals surface area (Å²) in [5.41, 5.74) is 0. The number of likely N-dealkylation sites (tertiary alicyclic amines) is 1. The number of nitrogens with zero attached hydrogens (tertiary/aromatic N) is 3. The summed E-state index contributed by atoms with van der Waals surface area (Å²) >= 11 is 0. The van der Waals surface area contributed by atoms with E-state index in [-0.39, 0.29) is 5.91 Å². The molecule has 1 aromatic heterocycles. The van der Waals surface area contributed by atoms with Crippen LogP contribution in [-0.4, -0.2) is 46.5 Å². The van der Waals surface area contributed by atoms with Gasteiger partial charge in [-0.25, -0.2) is 4.98 Å². The third kappa shape index (κ3) is 3.84. The monoisotopic (exact) mass is 250 g/mol. The van der Waals surface area contributed by atoms with E-state index in [9.17, 15) is 4.79 Å².